The molecule has 1 aromatic carbocycles. The molecule has 1 heterocycles. The molecule has 0 saturated carbocycles. The highest BCUT2D eigenvalue weighted by Gasteiger charge is 2.36. The zero-order chi connectivity index (χ0) is 21.4. The monoisotopic (exact) mass is 423 g/mol. The third-order valence-electron chi connectivity index (χ3n) is 7.28. The fourth-order valence-corrected chi connectivity index (χ4v) is 5.42. The molecule has 30 heavy (non-hydrogen) atoms. The van der Waals surface area contributed by atoms with Gasteiger partial charge in [-0.1, -0.05) is 61.8 Å². The molecule has 0 amide bonds. The van der Waals surface area contributed by atoms with Crippen molar-refractivity contribution in [2.75, 3.05) is 13.6 Å². The molecule has 164 valence electrons. The van der Waals surface area contributed by atoms with E-state index in [9.17, 15) is 0 Å². The Morgan fingerprint density at radius 1 is 1.20 bits per heavy atom. The van der Waals surface area contributed by atoms with Crippen LogP contribution in [-0.4, -0.2) is 24.0 Å². The minimum atomic E-state index is 0.320. The molecule has 1 unspecified atom stereocenters. The molecule has 1 nitrogen and oxygen atoms in total. The number of benzene rings is 1. The fraction of sp³-hybridized carbons (Fsp3) is 0.571. The summed E-state index contributed by atoms with van der Waals surface area (Å²) in [6.07, 6.45) is 19.5. The van der Waals surface area contributed by atoms with E-state index in [0.717, 1.165) is 12.8 Å². The van der Waals surface area contributed by atoms with E-state index in [0.29, 0.717) is 5.54 Å². The van der Waals surface area contributed by atoms with Gasteiger partial charge in [-0.2, -0.15) is 12.6 Å². The van der Waals surface area contributed by atoms with Crippen LogP contribution in [0.2, 0.25) is 0 Å². The van der Waals surface area contributed by atoms with Gasteiger partial charge in [0.1, 0.15) is 0 Å². The number of hydrogen-bond donors (Lipinski definition) is 1. The predicted molar refractivity (Wildman–Crippen MR) is 136 cm³/mol. The lowest BCUT2D eigenvalue weighted by atomic mass is 9.85. The quantitative estimate of drug-likeness (QED) is 0.204. The van der Waals surface area contributed by atoms with Crippen molar-refractivity contribution in [3.63, 3.8) is 0 Å². The van der Waals surface area contributed by atoms with Crippen LogP contribution >= 0.6 is 12.6 Å². The summed E-state index contributed by atoms with van der Waals surface area (Å²) in [6, 6.07) is 6.93. The lowest BCUT2D eigenvalue weighted by Gasteiger charge is -2.33. The highest BCUT2D eigenvalue weighted by atomic mass is 32.1. The minimum absolute atomic E-state index is 0.320. The Hall–Kier alpha value is -1.25. The summed E-state index contributed by atoms with van der Waals surface area (Å²) >= 11 is 4.11. The molecule has 1 aliphatic heterocycles. The summed E-state index contributed by atoms with van der Waals surface area (Å²) in [6.45, 7) is 8.13. The molecule has 2 heteroatoms. The molecule has 0 radical (unpaired) electrons. The molecule has 1 fully saturated rings. The summed E-state index contributed by atoms with van der Waals surface area (Å²) in [5.41, 5.74) is 7.88. The van der Waals surface area contributed by atoms with E-state index in [1.807, 2.05) is 5.41 Å². The van der Waals surface area contributed by atoms with Crippen LogP contribution in [0.15, 0.2) is 47.9 Å². The average molecular weight is 424 g/mol. The Morgan fingerprint density at radius 3 is 2.77 bits per heavy atom. The Labute approximate surface area is 190 Å². The predicted octanol–water partition coefficient (Wildman–Crippen LogP) is 7.77. The summed E-state index contributed by atoms with van der Waals surface area (Å²) in [7, 11) is 2.30. The van der Waals surface area contributed by atoms with Crippen molar-refractivity contribution in [2.24, 2.45) is 0 Å². The molecule has 2 aliphatic rings. The first kappa shape index (κ1) is 23.4. The highest BCUT2D eigenvalue weighted by molar-refractivity contribution is 7.83. The van der Waals surface area contributed by atoms with Crippen molar-refractivity contribution < 1.29 is 0 Å². The molecule has 1 atom stereocenters. The number of nitrogens with zero attached hydrogens (tertiary/aromatic N) is 1. The van der Waals surface area contributed by atoms with Gasteiger partial charge in [-0.05, 0) is 106 Å². The Bertz CT molecular complexity index is 775. The Kier molecular flexibility index (Phi) is 8.89. The van der Waals surface area contributed by atoms with E-state index in [-0.39, 0.29) is 0 Å². The summed E-state index contributed by atoms with van der Waals surface area (Å²) in [4.78, 5) is 2.57. The van der Waals surface area contributed by atoms with Crippen molar-refractivity contribution >= 4 is 18.2 Å². The van der Waals surface area contributed by atoms with Crippen LogP contribution in [0.5, 0.6) is 0 Å². The maximum absolute atomic E-state index is 4.44. The third-order valence-corrected chi connectivity index (χ3v) is 7.49. The standard InChI is InChI=1S/C28H41NS/c1-23(13-9-7-5-4-6-8-10-20-30)21-25-15-11-14-24-16-17-26(27(24)25)22-28(2)18-12-19-29(28)3/h10-11,14-15,17,20,30H,1,4-9,12-13,16,18-19,21-22H2,2-3H3/b20-10-. The molecule has 0 bridgehead atoms. The second kappa shape index (κ2) is 11.4. The van der Waals surface area contributed by atoms with Crippen LogP contribution in [0.3, 0.4) is 0 Å². The van der Waals surface area contributed by atoms with Gasteiger partial charge in [0.15, 0.2) is 0 Å². The number of unbranched alkanes of at least 4 members (excludes halogenated alkanes) is 5. The van der Waals surface area contributed by atoms with Gasteiger partial charge in [0.05, 0.1) is 0 Å². The molecular formula is C28H41NS. The third kappa shape index (κ3) is 6.14. The highest BCUT2D eigenvalue weighted by Crippen LogP contribution is 2.41. The minimum Gasteiger partial charge on any atom is -0.301 e. The molecule has 0 N–H and O–H groups in total. The van der Waals surface area contributed by atoms with Gasteiger partial charge >= 0.3 is 0 Å². The Morgan fingerprint density at radius 2 is 2.00 bits per heavy atom. The van der Waals surface area contributed by atoms with Gasteiger partial charge in [0.2, 0.25) is 0 Å². The maximum atomic E-state index is 4.44. The second-order valence-corrected chi connectivity index (χ2v) is 10.00. The molecule has 3 rings (SSSR count). The van der Waals surface area contributed by atoms with Crippen LogP contribution in [0, 0.1) is 0 Å². The van der Waals surface area contributed by atoms with Crippen LogP contribution in [0.1, 0.15) is 87.8 Å². The number of likely N-dealkylation sites (tertiary alicyclic amines) is 1. The number of allylic oxidation sites excluding steroid dienone is 3. The van der Waals surface area contributed by atoms with E-state index in [1.165, 1.54) is 87.5 Å². The fourth-order valence-electron chi connectivity index (χ4n) is 5.27. The lowest BCUT2D eigenvalue weighted by Crippen LogP contribution is -2.38. The van der Waals surface area contributed by atoms with Crippen molar-refractivity contribution in [1.29, 1.82) is 0 Å². The van der Waals surface area contributed by atoms with Gasteiger partial charge in [0, 0.05) is 5.54 Å². The Balaban J connectivity index is 1.51. The average Bonchev–Trinajstić information content (AvgIpc) is 3.28. The van der Waals surface area contributed by atoms with E-state index < -0.39 is 0 Å². The van der Waals surface area contributed by atoms with Crippen molar-refractivity contribution in [1.82, 2.24) is 4.90 Å². The van der Waals surface area contributed by atoms with E-state index in [1.54, 1.807) is 11.1 Å². The second-order valence-electron chi connectivity index (χ2n) is 9.70. The number of rotatable bonds is 12. The van der Waals surface area contributed by atoms with Gasteiger partial charge in [-0.15, -0.1) is 0 Å². The molecule has 0 aromatic heterocycles. The summed E-state index contributed by atoms with van der Waals surface area (Å²) in [5, 5.41) is 1.86. The zero-order valence-electron chi connectivity index (χ0n) is 19.3. The smallest absolute Gasteiger partial charge is 0.0219 e. The first-order chi connectivity index (χ1) is 14.5. The summed E-state index contributed by atoms with van der Waals surface area (Å²) < 4.78 is 0. The SMILES string of the molecule is C=C(CCCCCCC/C=C\S)Cc1cccc2c1C(CC1(C)CCCN1C)=CC2. The number of hydrogen-bond acceptors (Lipinski definition) is 2. The van der Waals surface area contributed by atoms with Crippen molar-refractivity contribution in [3.05, 3.63) is 64.6 Å². The zero-order valence-corrected chi connectivity index (χ0v) is 20.2. The van der Waals surface area contributed by atoms with Gasteiger partial charge < -0.3 is 4.90 Å². The van der Waals surface area contributed by atoms with E-state index >= 15 is 0 Å². The molecule has 0 spiro atoms. The maximum Gasteiger partial charge on any atom is 0.0219 e. The van der Waals surface area contributed by atoms with Crippen molar-refractivity contribution in [2.45, 2.75) is 89.5 Å². The van der Waals surface area contributed by atoms with Gasteiger partial charge in [0.25, 0.3) is 0 Å². The van der Waals surface area contributed by atoms with Gasteiger partial charge in [-0.3, -0.25) is 0 Å². The van der Waals surface area contributed by atoms with Gasteiger partial charge in [-0.25, -0.2) is 0 Å². The normalized spacial score (nSPS) is 21.4. The largest absolute Gasteiger partial charge is 0.301 e. The molecule has 1 saturated heterocycles. The number of thiol groups is 1. The first-order valence-corrected chi connectivity index (χ1v) is 12.5. The first-order valence-electron chi connectivity index (χ1n) is 12.0. The lowest BCUT2D eigenvalue weighted by molar-refractivity contribution is 0.201. The van der Waals surface area contributed by atoms with Crippen LogP contribution in [0.4, 0.5) is 0 Å². The summed E-state index contributed by atoms with van der Waals surface area (Å²) in [5.74, 6) is 0. The van der Waals surface area contributed by atoms with Crippen LogP contribution < -0.4 is 0 Å². The van der Waals surface area contributed by atoms with Crippen molar-refractivity contribution in [3.8, 4) is 0 Å². The van der Waals surface area contributed by atoms with Crippen LogP contribution in [-0.2, 0) is 12.8 Å². The van der Waals surface area contributed by atoms with Crippen LogP contribution in [0.25, 0.3) is 5.57 Å². The molecular weight excluding hydrogens is 382 g/mol. The van der Waals surface area contributed by atoms with E-state index in [2.05, 4.69) is 68.4 Å². The molecule has 1 aliphatic carbocycles. The van der Waals surface area contributed by atoms with E-state index in [4.69, 9.17) is 0 Å². The molecule has 1 aromatic rings. The number of fused-ring (bicyclic) bond motifs is 1. The topological polar surface area (TPSA) is 3.24 Å².